The van der Waals surface area contributed by atoms with Crippen LogP contribution < -0.4 is 0 Å². The van der Waals surface area contributed by atoms with Gasteiger partial charge in [0.1, 0.15) is 0 Å². The van der Waals surface area contributed by atoms with Crippen LogP contribution in [0.3, 0.4) is 0 Å². The van der Waals surface area contributed by atoms with E-state index in [-0.39, 0.29) is 18.2 Å². The van der Waals surface area contributed by atoms with Crippen molar-refractivity contribution in [1.29, 1.82) is 0 Å². The number of aromatic nitrogens is 1. The van der Waals surface area contributed by atoms with Crippen LogP contribution >= 0.6 is 11.6 Å². The molecule has 32 heavy (non-hydrogen) atoms. The van der Waals surface area contributed by atoms with Crippen LogP contribution in [0.15, 0.2) is 54.7 Å². The van der Waals surface area contributed by atoms with Gasteiger partial charge in [0.05, 0.1) is 29.9 Å². The Bertz CT molecular complexity index is 1270. The number of hydrogen-bond acceptors (Lipinski definition) is 5. The van der Waals surface area contributed by atoms with Gasteiger partial charge >= 0.3 is 5.97 Å². The summed E-state index contributed by atoms with van der Waals surface area (Å²) in [5.41, 5.74) is 1.54. The number of methoxy groups -OCH3 is 1. The predicted octanol–water partition coefficient (Wildman–Crippen LogP) is 3.96. The van der Waals surface area contributed by atoms with Crippen molar-refractivity contribution in [3.63, 3.8) is 0 Å². The maximum absolute atomic E-state index is 13.4. The minimum Gasteiger partial charge on any atom is -0.465 e. The molecule has 1 atom stereocenters. The molecule has 0 N–H and O–H groups in total. The molecule has 1 saturated heterocycles. The second-order valence-electron chi connectivity index (χ2n) is 7.84. The van der Waals surface area contributed by atoms with Crippen LogP contribution in [-0.4, -0.2) is 49.4 Å². The molecular formula is C23H23ClN2O5S. The Morgan fingerprint density at radius 1 is 1.12 bits per heavy atom. The first-order valence-corrected chi connectivity index (χ1v) is 12.2. The highest BCUT2D eigenvalue weighted by Crippen LogP contribution is 2.27. The molecule has 1 aliphatic heterocycles. The number of piperidine rings is 1. The summed E-state index contributed by atoms with van der Waals surface area (Å²) in [5, 5.41) is 1.16. The zero-order valence-electron chi connectivity index (χ0n) is 17.5. The molecule has 3 aromatic rings. The molecule has 2 heterocycles. The van der Waals surface area contributed by atoms with Crippen molar-refractivity contribution in [1.82, 2.24) is 8.87 Å². The Kier molecular flexibility index (Phi) is 6.37. The molecular weight excluding hydrogens is 452 g/mol. The highest BCUT2D eigenvalue weighted by atomic mass is 35.5. The molecule has 168 valence electrons. The van der Waals surface area contributed by atoms with Gasteiger partial charge in [0, 0.05) is 29.7 Å². The van der Waals surface area contributed by atoms with E-state index in [0.717, 1.165) is 0 Å². The van der Waals surface area contributed by atoms with Crippen LogP contribution in [0.1, 0.15) is 33.6 Å². The number of nitrogens with zero attached hydrogens (tertiary/aromatic N) is 2. The second-order valence-corrected chi connectivity index (χ2v) is 10.2. The van der Waals surface area contributed by atoms with Gasteiger partial charge in [-0.1, -0.05) is 41.9 Å². The number of carbonyl (C=O) groups excluding carboxylic acids is 2. The van der Waals surface area contributed by atoms with Crippen molar-refractivity contribution >= 4 is 44.4 Å². The van der Waals surface area contributed by atoms with Crippen molar-refractivity contribution in [3.05, 3.63) is 70.9 Å². The highest BCUT2D eigenvalue weighted by molar-refractivity contribution is 7.88. The molecule has 0 radical (unpaired) electrons. The molecule has 0 bridgehead atoms. The monoisotopic (exact) mass is 474 g/mol. The highest BCUT2D eigenvalue weighted by Gasteiger charge is 2.34. The van der Waals surface area contributed by atoms with Crippen molar-refractivity contribution < 1.29 is 22.7 Å². The summed E-state index contributed by atoms with van der Waals surface area (Å²) in [6.45, 7) is 0.481. The van der Waals surface area contributed by atoms with Gasteiger partial charge in [0.15, 0.2) is 0 Å². The van der Waals surface area contributed by atoms with Gasteiger partial charge in [-0.2, -0.15) is 0 Å². The number of esters is 1. The quantitative estimate of drug-likeness (QED) is 0.522. The van der Waals surface area contributed by atoms with Crippen molar-refractivity contribution in [2.24, 2.45) is 5.92 Å². The van der Waals surface area contributed by atoms with Crippen LogP contribution in [0.4, 0.5) is 0 Å². The normalized spacial score (nSPS) is 17.4. The number of rotatable bonds is 5. The Morgan fingerprint density at radius 2 is 1.84 bits per heavy atom. The molecule has 1 fully saturated rings. The predicted molar refractivity (Wildman–Crippen MR) is 122 cm³/mol. The van der Waals surface area contributed by atoms with Gasteiger partial charge in [0.2, 0.25) is 15.9 Å². The molecule has 7 nitrogen and oxygen atoms in total. The Hall–Kier alpha value is -2.68. The fourth-order valence-corrected chi connectivity index (χ4v) is 5.85. The largest absolute Gasteiger partial charge is 0.465 e. The fourth-order valence-electron chi connectivity index (χ4n) is 4.11. The van der Waals surface area contributed by atoms with Crippen LogP contribution in [-0.2, 0) is 20.5 Å². The lowest BCUT2D eigenvalue weighted by atomic mass is 9.98. The number of halogens is 1. The molecule has 1 unspecified atom stereocenters. The smallest absolute Gasteiger partial charge is 0.340 e. The molecule has 1 aromatic heterocycles. The van der Waals surface area contributed by atoms with E-state index in [9.17, 15) is 18.0 Å². The van der Waals surface area contributed by atoms with E-state index in [4.69, 9.17) is 16.3 Å². The molecule has 9 heteroatoms. The lowest BCUT2D eigenvalue weighted by molar-refractivity contribution is 0.0603. The Morgan fingerprint density at radius 3 is 2.56 bits per heavy atom. The van der Waals surface area contributed by atoms with E-state index in [0.29, 0.717) is 46.4 Å². The molecule has 1 aliphatic rings. The summed E-state index contributed by atoms with van der Waals surface area (Å²) in [7, 11) is -2.31. The Labute approximate surface area is 191 Å². The van der Waals surface area contributed by atoms with Gasteiger partial charge in [-0.3, -0.25) is 9.36 Å². The number of ether oxygens (including phenoxy) is 1. The number of para-hydroxylation sites is 1. The summed E-state index contributed by atoms with van der Waals surface area (Å²) < 4.78 is 33.7. The summed E-state index contributed by atoms with van der Waals surface area (Å²) in [5.74, 6) is -1.42. The van der Waals surface area contributed by atoms with Gasteiger partial charge in [0.25, 0.3) is 0 Å². The average molecular weight is 475 g/mol. The van der Waals surface area contributed by atoms with E-state index < -0.39 is 21.9 Å². The van der Waals surface area contributed by atoms with Crippen LogP contribution in [0.25, 0.3) is 10.9 Å². The second kappa shape index (κ2) is 9.05. The van der Waals surface area contributed by atoms with E-state index in [1.165, 1.54) is 22.2 Å². The third-order valence-corrected chi connectivity index (χ3v) is 7.81. The van der Waals surface area contributed by atoms with E-state index in [1.54, 1.807) is 48.5 Å². The third-order valence-electron chi connectivity index (χ3n) is 5.74. The number of fused-ring (bicyclic) bond motifs is 1. The van der Waals surface area contributed by atoms with Crippen LogP contribution in [0, 0.1) is 5.92 Å². The Balaban J connectivity index is 1.58. The minimum absolute atomic E-state index is 0.106. The summed E-state index contributed by atoms with van der Waals surface area (Å²) in [6.07, 6.45) is 2.64. The maximum Gasteiger partial charge on any atom is 0.340 e. The zero-order valence-corrected chi connectivity index (χ0v) is 19.1. The minimum atomic E-state index is -3.60. The van der Waals surface area contributed by atoms with Gasteiger partial charge in [-0.15, -0.1) is 0 Å². The number of sulfonamides is 1. The number of carbonyl (C=O) groups is 2. The maximum atomic E-state index is 13.4. The number of hydrogen-bond donors (Lipinski definition) is 0. The lowest BCUT2D eigenvalue weighted by Crippen LogP contribution is -2.43. The fraction of sp³-hybridized carbons (Fsp3) is 0.304. The van der Waals surface area contributed by atoms with Gasteiger partial charge < -0.3 is 4.74 Å². The van der Waals surface area contributed by atoms with Crippen molar-refractivity contribution in [2.75, 3.05) is 20.2 Å². The first-order valence-electron chi connectivity index (χ1n) is 10.2. The molecule has 0 amide bonds. The molecule has 4 rings (SSSR count). The van der Waals surface area contributed by atoms with Gasteiger partial charge in [-0.25, -0.2) is 17.5 Å². The van der Waals surface area contributed by atoms with Gasteiger partial charge in [-0.05, 0) is 36.6 Å². The van der Waals surface area contributed by atoms with E-state index >= 15 is 0 Å². The van der Waals surface area contributed by atoms with E-state index in [2.05, 4.69) is 0 Å². The van der Waals surface area contributed by atoms with E-state index in [1.807, 2.05) is 0 Å². The number of benzene rings is 2. The SMILES string of the molecule is COC(=O)c1cn(C(=O)C2CCCN(S(=O)(=O)Cc3ccc(Cl)cc3)C2)c2ccccc12. The molecule has 0 spiro atoms. The van der Waals surface area contributed by atoms with Crippen molar-refractivity contribution in [3.8, 4) is 0 Å². The third kappa shape index (κ3) is 4.44. The first-order chi connectivity index (χ1) is 15.3. The average Bonchev–Trinajstić information content (AvgIpc) is 3.19. The van der Waals surface area contributed by atoms with Crippen LogP contribution in [0.2, 0.25) is 5.02 Å². The lowest BCUT2D eigenvalue weighted by Gasteiger charge is -2.31. The molecule has 0 aliphatic carbocycles. The summed E-state index contributed by atoms with van der Waals surface area (Å²) >= 11 is 5.89. The van der Waals surface area contributed by atoms with Crippen molar-refractivity contribution in [2.45, 2.75) is 18.6 Å². The molecule has 2 aromatic carbocycles. The van der Waals surface area contributed by atoms with Crippen LogP contribution in [0.5, 0.6) is 0 Å². The summed E-state index contributed by atoms with van der Waals surface area (Å²) in [4.78, 5) is 25.6. The molecule has 0 saturated carbocycles. The summed E-state index contributed by atoms with van der Waals surface area (Å²) in [6, 6.07) is 13.8. The standard InChI is InChI=1S/C23H23ClN2O5S/c1-31-23(28)20-14-26(21-7-3-2-6-19(20)21)22(27)17-5-4-12-25(13-17)32(29,30)15-16-8-10-18(24)11-9-16/h2-3,6-11,14,17H,4-5,12-13,15H2,1H3. The zero-order chi connectivity index (χ0) is 22.9. The topological polar surface area (TPSA) is 85.7 Å². The first kappa shape index (κ1) is 22.5.